The van der Waals surface area contributed by atoms with Crippen LogP contribution in [0.25, 0.3) is 20.5 Å². The highest BCUT2D eigenvalue weighted by molar-refractivity contribution is 7.22. The van der Waals surface area contributed by atoms with Gasteiger partial charge in [-0.2, -0.15) is 0 Å². The Morgan fingerprint density at radius 3 is 2.42 bits per heavy atom. The fourth-order valence-corrected chi connectivity index (χ4v) is 3.34. The molecule has 2 nitrogen and oxygen atoms in total. The van der Waals surface area contributed by atoms with Gasteiger partial charge < -0.3 is 4.74 Å². The average molecular weight is 268 g/mol. The van der Waals surface area contributed by atoms with Crippen LogP contribution in [0.5, 0.6) is 0 Å². The second-order valence-electron chi connectivity index (χ2n) is 4.16. The summed E-state index contributed by atoms with van der Waals surface area (Å²) in [6.07, 6.45) is 0. The number of esters is 1. The number of ether oxygens (including phenoxy) is 1. The summed E-state index contributed by atoms with van der Waals surface area (Å²) in [6, 6.07) is 17.8. The van der Waals surface area contributed by atoms with Gasteiger partial charge in [-0.05, 0) is 11.6 Å². The minimum absolute atomic E-state index is 0.281. The van der Waals surface area contributed by atoms with Gasteiger partial charge in [0.05, 0.1) is 17.6 Å². The minimum Gasteiger partial charge on any atom is -0.465 e. The van der Waals surface area contributed by atoms with Gasteiger partial charge in [0, 0.05) is 10.1 Å². The van der Waals surface area contributed by atoms with Crippen LogP contribution < -0.4 is 0 Å². The van der Waals surface area contributed by atoms with E-state index in [0.29, 0.717) is 5.56 Å². The lowest BCUT2D eigenvalue weighted by molar-refractivity contribution is 0.0604. The Kier molecular flexibility index (Phi) is 3.05. The van der Waals surface area contributed by atoms with Gasteiger partial charge in [0.15, 0.2) is 0 Å². The highest BCUT2D eigenvalue weighted by Crippen LogP contribution is 2.38. The van der Waals surface area contributed by atoms with Crippen molar-refractivity contribution >= 4 is 27.4 Å². The first-order valence-electron chi connectivity index (χ1n) is 5.96. The molecule has 94 valence electrons. The maximum atomic E-state index is 12.1. The minimum atomic E-state index is -0.281. The smallest absolute Gasteiger partial charge is 0.339 e. The molecule has 0 aliphatic rings. The number of methoxy groups -OCH3 is 1. The summed E-state index contributed by atoms with van der Waals surface area (Å²) in [5.41, 5.74) is 1.71. The number of carbonyl (C=O) groups is 1. The molecule has 0 bridgehead atoms. The van der Waals surface area contributed by atoms with Crippen molar-refractivity contribution in [2.75, 3.05) is 7.11 Å². The predicted octanol–water partition coefficient (Wildman–Crippen LogP) is 4.35. The number of rotatable bonds is 2. The number of carbonyl (C=O) groups excluding carboxylic acids is 1. The molecule has 2 aromatic carbocycles. The number of benzene rings is 2. The lowest BCUT2D eigenvalue weighted by atomic mass is 10.1. The van der Waals surface area contributed by atoms with Gasteiger partial charge in [-0.25, -0.2) is 4.79 Å². The molecule has 0 aliphatic heterocycles. The Morgan fingerprint density at radius 1 is 1.00 bits per heavy atom. The molecule has 0 atom stereocenters. The van der Waals surface area contributed by atoms with Gasteiger partial charge in [-0.3, -0.25) is 0 Å². The Hall–Kier alpha value is -2.13. The van der Waals surface area contributed by atoms with Crippen LogP contribution in [0.15, 0.2) is 54.6 Å². The maximum absolute atomic E-state index is 12.1. The van der Waals surface area contributed by atoms with Crippen LogP contribution in [0.2, 0.25) is 0 Å². The highest BCUT2D eigenvalue weighted by Gasteiger charge is 2.20. The first kappa shape index (κ1) is 11.9. The molecule has 0 N–H and O–H groups in total. The largest absolute Gasteiger partial charge is 0.465 e. The van der Waals surface area contributed by atoms with Crippen LogP contribution in [0, 0.1) is 0 Å². The zero-order valence-corrected chi connectivity index (χ0v) is 11.2. The van der Waals surface area contributed by atoms with Crippen molar-refractivity contribution in [2.45, 2.75) is 0 Å². The van der Waals surface area contributed by atoms with Crippen molar-refractivity contribution in [2.24, 2.45) is 0 Å². The second kappa shape index (κ2) is 4.86. The molecule has 1 aromatic heterocycles. The zero-order valence-electron chi connectivity index (χ0n) is 10.4. The predicted molar refractivity (Wildman–Crippen MR) is 78.6 cm³/mol. The molecule has 3 heteroatoms. The fraction of sp³-hybridized carbons (Fsp3) is 0.0625. The van der Waals surface area contributed by atoms with Crippen LogP contribution in [-0.4, -0.2) is 13.1 Å². The van der Waals surface area contributed by atoms with Crippen LogP contribution in [0.4, 0.5) is 0 Å². The highest BCUT2D eigenvalue weighted by atomic mass is 32.1. The Balaban J connectivity index is 2.32. The third kappa shape index (κ3) is 2.02. The van der Waals surface area contributed by atoms with E-state index in [2.05, 4.69) is 0 Å². The third-order valence-corrected chi connectivity index (χ3v) is 4.24. The van der Waals surface area contributed by atoms with Crippen molar-refractivity contribution in [3.05, 3.63) is 60.2 Å². The summed E-state index contributed by atoms with van der Waals surface area (Å²) in [5, 5.41) is 0.957. The van der Waals surface area contributed by atoms with E-state index in [9.17, 15) is 4.79 Å². The van der Waals surface area contributed by atoms with E-state index >= 15 is 0 Å². The van der Waals surface area contributed by atoms with Crippen molar-refractivity contribution in [1.29, 1.82) is 0 Å². The SMILES string of the molecule is COC(=O)c1c(-c2ccccc2)sc2ccccc12. The van der Waals surface area contributed by atoms with E-state index in [4.69, 9.17) is 4.74 Å². The summed E-state index contributed by atoms with van der Waals surface area (Å²) in [4.78, 5) is 13.0. The van der Waals surface area contributed by atoms with Crippen LogP contribution >= 0.6 is 11.3 Å². The van der Waals surface area contributed by atoms with Crippen molar-refractivity contribution in [3.8, 4) is 10.4 Å². The molecule has 3 aromatic rings. The number of thiophene rings is 1. The van der Waals surface area contributed by atoms with Gasteiger partial charge in [0.25, 0.3) is 0 Å². The van der Waals surface area contributed by atoms with Gasteiger partial charge in [0.1, 0.15) is 0 Å². The van der Waals surface area contributed by atoms with Crippen LogP contribution in [0.3, 0.4) is 0 Å². The number of fused-ring (bicyclic) bond motifs is 1. The monoisotopic (exact) mass is 268 g/mol. The molecule has 1 heterocycles. The average Bonchev–Trinajstić information content (AvgIpc) is 2.87. The summed E-state index contributed by atoms with van der Waals surface area (Å²) in [6.45, 7) is 0. The Morgan fingerprint density at radius 2 is 1.68 bits per heavy atom. The van der Waals surface area contributed by atoms with E-state index in [0.717, 1.165) is 20.5 Å². The van der Waals surface area contributed by atoms with E-state index < -0.39 is 0 Å². The quantitative estimate of drug-likeness (QED) is 0.646. The van der Waals surface area contributed by atoms with Gasteiger partial charge in [0.2, 0.25) is 0 Å². The topological polar surface area (TPSA) is 26.3 Å². The zero-order chi connectivity index (χ0) is 13.2. The Bertz CT molecular complexity index is 729. The van der Waals surface area contributed by atoms with Crippen molar-refractivity contribution in [1.82, 2.24) is 0 Å². The molecule has 0 saturated carbocycles. The summed E-state index contributed by atoms with van der Waals surface area (Å²) >= 11 is 1.62. The van der Waals surface area contributed by atoms with Gasteiger partial charge in [-0.15, -0.1) is 11.3 Å². The lowest BCUT2D eigenvalue weighted by Crippen LogP contribution is -2.01. The van der Waals surface area contributed by atoms with Gasteiger partial charge in [-0.1, -0.05) is 48.5 Å². The first-order valence-corrected chi connectivity index (χ1v) is 6.78. The molecule has 0 saturated heterocycles. The second-order valence-corrected chi connectivity index (χ2v) is 5.21. The number of hydrogen-bond acceptors (Lipinski definition) is 3. The van der Waals surface area contributed by atoms with Gasteiger partial charge >= 0.3 is 5.97 Å². The van der Waals surface area contributed by atoms with E-state index in [-0.39, 0.29) is 5.97 Å². The molecule has 0 unspecified atom stereocenters. The normalized spacial score (nSPS) is 10.6. The van der Waals surface area contributed by atoms with E-state index in [1.54, 1.807) is 11.3 Å². The molecule has 19 heavy (non-hydrogen) atoms. The number of hydrogen-bond donors (Lipinski definition) is 0. The molecule has 3 rings (SSSR count). The first-order chi connectivity index (χ1) is 9.31. The van der Waals surface area contributed by atoms with Crippen LogP contribution in [-0.2, 0) is 4.74 Å². The summed E-state index contributed by atoms with van der Waals surface area (Å²) in [5.74, 6) is -0.281. The van der Waals surface area contributed by atoms with Crippen LogP contribution in [0.1, 0.15) is 10.4 Å². The molecule has 0 amide bonds. The Labute approximate surface area is 115 Å². The molecular formula is C16H12O2S. The lowest BCUT2D eigenvalue weighted by Gasteiger charge is -2.02. The van der Waals surface area contributed by atoms with Crippen molar-refractivity contribution < 1.29 is 9.53 Å². The molecular weight excluding hydrogens is 256 g/mol. The maximum Gasteiger partial charge on any atom is 0.339 e. The molecule has 0 spiro atoms. The third-order valence-electron chi connectivity index (χ3n) is 3.02. The fourth-order valence-electron chi connectivity index (χ4n) is 2.14. The summed E-state index contributed by atoms with van der Waals surface area (Å²) in [7, 11) is 1.42. The standard InChI is InChI=1S/C16H12O2S/c1-18-16(17)14-12-9-5-6-10-13(12)19-15(14)11-7-3-2-4-8-11/h2-10H,1H3. The van der Waals surface area contributed by atoms with E-state index in [1.807, 2.05) is 54.6 Å². The van der Waals surface area contributed by atoms with E-state index in [1.165, 1.54) is 7.11 Å². The molecule has 0 aliphatic carbocycles. The summed E-state index contributed by atoms with van der Waals surface area (Å²) < 4.78 is 6.03. The molecule has 0 fully saturated rings. The molecule has 0 radical (unpaired) electrons. The van der Waals surface area contributed by atoms with Crippen molar-refractivity contribution in [3.63, 3.8) is 0 Å².